The number of ether oxygens (including phenoxy) is 1. The van der Waals surface area contributed by atoms with Crippen LogP contribution in [0.2, 0.25) is 0 Å². The molecule has 1 N–H and O–H groups in total. The molecule has 7 nitrogen and oxygen atoms in total. The van der Waals surface area contributed by atoms with Gasteiger partial charge in [0.05, 0.1) is 12.8 Å². The van der Waals surface area contributed by atoms with Crippen LogP contribution in [-0.4, -0.2) is 46.1 Å². The van der Waals surface area contributed by atoms with Gasteiger partial charge >= 0.3 is 12.0 Å². The van der Waals surface area contributed by atoms with E-state index in [0.29, 0.717) is 25.4 Å². The van der Waals surface area contributed by atoms with Gasteiger partial charge in [0.1, 0.15) is 6.04 Å². The van der Waals surface area contributed by atoms with Gasteiger partial charge in [-0.25, -0.2) is 14.6 Å². The summed E-state index contributed by atoms with van der Waals surface area (Å²) in [6, 6.07) is -0.858. The number of rotatable bonds is 3. The van der Waals surface area contributed by atoms with E-state index in [-0.39, 0.29) is 12.0 Å². The highest BCUT2D eigenvalue weighted by atomic mass is 16.5. The predicted molar refractivity (Wildman–Crippen MR) is 72.0 cm³/mol. The molecule has 1 fully saturated rings. The Morgan fingerprint density at radius 2 is 2.30 bits per heavy atom. The molecule has 7 heteroatoms. The molecule has 0 bridgehead atoms. The molecule has 1 aromatic heterocycles. The van der Waals surface area contributed by atoms with Crippen molar-refractivity contribution in [2.75, 3.05) is 18.5 Å². The lowest BCUT2D eigenvalue weighted by Gasteiger charge is -2.33. The summed E-state index contributed by atoms with van der Waals surface area (Å²) in [6.45, 7) is 2.61. The third-order valence-corrected chi connectivity index (χ3v) is 3.12. The Balaban J connectivity index is 2.03. The van der Waals surface area contributed by atoms with E-state index in [4.69, 9.17) is 4.74 Å². The molecule has 0 radical (unpaired) electrons. The fourth-order valence-electron chi connectivity index (χ4n) is 2.20. The fourth-order valence-corrected chi connectivity index (χ4v) is 2.20. The number of nitrogens with one attached hydrogen (secondary N) is 1. The molecule has 0 aliphatic carbocycles. The lowest BCUT2D eigenvalue weighted by molar-refractivity contribution is -0.149. The lowest BCUT2D eigenvalue weighted by atomic mass is 10.0. The van der Waals surface area contributed by atoms with Crippen molar-refractivity contribution in [1.82, 2.24) is 14.9 Å². The largest absolute Gasteiger partial charge is 0.464 e. The first-order valence-electron chi connectivity index (χ1n) is 6.72. The zero-order chi connectivity index (χ0) is 14.4. The van der Waals surface area contributed by atoms with Crippen LogP contribution >= 0.6 is 0 Å². The maximum atomic E-state index is 12.2. The van der Waals surface area contributed by atoms with Crippen LogP contribution in [0.5, 0.6) is 0 Å². The van der Waals surface area contributed by atoms with E-state index in [1.165, 1.54) is 23.5 Å². The molecule has 108 valence electrons. The Labute approximate surface area is 117 Å². The highest BCUT2D eigenvalue weighted by molar-refractivity contribution is 5.91. The molecule has 2 heterocycles. The smallest absolute Gasteiger partial charge is 0.328 e. The van der Waals surface area contributed by atoms with Crippen LogP contribution in [-0.2, 0) is 9.53 Å². The number of carbonyl (C=O) groups is 2. The summed E-state index contributed by atoms with van der Waals surface area (Å²) in [5.74, 6) is 0.0205. The predicted octanol–water partition coefficient (Wildman–Crippen LogP) is 1.43. The molecule has 1 unspecified atom stereocenters. The van der Waals surface area contributed by atoms with Gasteiger partial charge in [0.15, 0.2) is 5.82 Å². The minimum atomic E-state index is -0.514. The van der Waals surface area contributed by atoms with Crippen LogP contribution in [0.4, 0.5) is 10.6 Å². The number of piperidine rings is 1. The standard InChI is InChI=1S/C13H18N4O3/c1-2-20-12(18)10-5-3-4-8-17(10)13(19)16-11-9-14-6-7-15-11/h6-7,9-10H,2-5,8H2,1H3,(H,15,16,19). The molecule has 2 rings (SSSR count). The molecule has 20 heavy (non-hydrogen) atoms. The summed E-state index contributed by atoms with van der Waals surface area (Å²) in [6.07, 6.45) is 6.91. The van der Waals surface area contributed by atoms with Gasteiger partial charge in [0.2, 0.25) is 0 Å². The normalized spacial score (nSPS) is 18.4. The summed E-state index contributed by atoms with van der Waals surface area (Å²) < 4.78 is 5.02. The number of anilines is 1. The second-order valence-corrected chi connectivity index (χ2v) is 4.48. The van der Waals surface area contributed by atoms with Crippen molar-refractivity contribution >= 4 is 17.8 Å². The minimum Gasteiger partial charge on any atom is -0.464 e. The van der Waals surface area contributed by atoms with Crippen molar-refractivity contribution in [3.63, 3.8) is 0 Å². The van der Waals surface area contributed by atoms with Gasteiger partial charge in [-0.05, 0) is 26.2 Å². The van der Waals surface area contributed by atoms with E-state index in [2.05, 4.69) is 15.3 Å². The Bertz CT molecular complexity index is 466. The van der Waals surface area contributed by atoms with Crippen molar-refractivity contribution in [3.05, 3.63) is 18.6 Å². The number of hydrogen-bond acceptors (Lipinski definition) is 5. The molecule has 2 amide bonds. The summed E-state index contributed by atoms with van der Waals surface area (Å²) in [5, 5.41) is 2.64. The fraction of sp³-hybridized carbons (Fsp3) is 0.538. The quantitative estimate of drug-likeness (QED) is 0.845. The highest BCUT2D eigenvalue weighted by Crippen LogP contribution is 2.19. The Hall–Kier alpha value is -2.18. The number of likely N-dealkylation sites (tertiary alicyclic amines) is 1. The third-order valence-electron chi connectivity index (χ3n) is 3.12. The first kappa shape index (κ1) is 14.2. The molecule has 0 aromatic carbocycles. The van der Waals surface area contributed by atoms with Crippen LogP contribution in [0.3, 0.4) is 0 Å². The molecule has 1 atom stereocenters. The minimum absolute atomic E-state index is 0.314. The van der Waals surface area contributed by atoms with Crippen LogP contribution < -0.4 is 5.32 Å². The molecule has 1 saturated heterocycles. The second-order valence-electron chi connectivity index (χ2n) is 4.48. The summed E-state index contributed by atoms with van der Waals surface area (Å²) in [4.78, 5) is 33.5. The van der Waals surface area contributed by atoms with E-state index in [1.54, 1.807) is 6.92 Å². The number of carbonyl (C=O) groups excluding carboxylic acids is 2. The van der Waals surface area contributed by atoms with Crippen LogP contribution in [0.15, 0.2) is 18.6 Å². The molecule has 0 spiro atoms. The van der Waals surface area contributed by atoms with Gasteiger partial charge in [-0.15, -0.1) is 0 Å². The topological polar surface area (TPSA) is 84.4 Å². The number of nitrogens with zero attached hydrogens (tertiary/aromatic N) is 3. The van der Waals surface area contributed by atoms with Crippen molar-refractivity contribution in [2.45, 2.75) is 32.2 Å². The monoisotopic (exact) mass is 278 g/mol. The van der Waals surface area contributed by atoms with E-state index in [9.17, 15) is 9.59 Å². The number of hydrogen-bond donors (Lipinski definition) is 1. The van der Waals surface area contributed by atoms with Gasteiger partial charge in [-0.2, -0.15) is 0 Å². The first-order valence-corrected chi connectivity index (χ1v) is 6.72. The zero-order valence-corrected chi connectivity index (χ0v) is 11.4. The van der Waals surface area contributed by atoms with E-state index in [1.807, 2.05) is 0 Å². The van der Waals surface area contributed by atoms with Crippen molar-refractivity contribution in [2.24, 2.45) is 0 Å². The first-order chi connectivity index (χ1) is 9.72. The second kappa shape index (κ2) is 6.83. The average Bonchev–Trinajstić information content (AvgIpc) is 2.48. The molecular formula is C13H18N4O3. The van der Waals surface area contributed by atoms with Gasteiger partial charge in [0.25, 0.3) is 0 Å². The number of amides is 2. The van der Waals surface area contributed by atoms with Crippen LogP contribution in [0.1, 0.15) is 26.2 Å². The van der Waals surface area contributed by atoms with Crippen molar-refractivity contribution in [3.8, 4) is 0 Å². The van der Waals surface area contributed by atoms with Gasteiger partial charge in [-0.1, -0.05) is 0 Å². The zero-order valence-electron chi connectivity index (χ0n) is 11.4. The highest BCUT2D eigenvalue weighted by Gasteiger charge is 2.33. The van der Waals surface area contributed by atoms with Crippen LogP contribution in [0.25, 0.3) is 0 Å². The Morgan fingerprint density at radius 3 is 3.00 bits per heavy atom. The Kier molecular flexibility index (Phi) is 4.86. The van der Waals surface area contributed by atoms with Gasteiger partial charge in [0, 0.05) is 18.9 Å². The van der Waals surface area contributed by atoms with Gasteiger partial charge in [-0.3, -0.25) is 10.3 Å². The SMILES string of the molecule is CCOC(=O)C1CCCCN1C(=O)Nc1cnccn1. The van der Waals surface area contributed by atoms with Crippen molar-refractivity contribution < 1.29 is 14.3 Å². The van der Waals surface area contributed by atoms with E-state index in [0.717, 1.165) is 12.8 Å². The summed E-state index contributed by atoms with van der Waals surface area (Å²) >= 11 is 0. The van der Waals surface area contributed by atoms with Crippen molar-refractivity contribution in [1.29, 1.82) is 0 Å². The van der Waals surface area contributed by atoms with E-state index < -0.39 is 6.04 Å². The number of urea groups is 1. The molecular weight excluding hydrogens is 260 g/mol. The Morgan fingerprint density at radius 1 is 1.45 bits per heavy atom. The average molecular weight is 278 g/mol. The van der Waals surface area contributed by atoms with Crippen LogP contribution in [0, 0.1) is 0 Å². The van der Waals surface area contributed by atoms with E-state index >= 15 is 0 Å². The summed E-state index contributed by atoms with van der Waals surface area (Å²) in [7, 11) is 0. The number of esters is 1. The summed E-state index contributed by atoms with van der Waals surface area (Å²) in [5.41, 5.74) is 0. The molecule has 1 aromatic rings. The maximum Gasteiger partial charge on any atom is 0.328 e. The third kappa shape index (κ3) is 3.43. The lowest BCUT2D eigenvalue weighted by Crippen LogP contribution is -2.50. The number of aromatic nitrogens is 2. The van der Waals surface area contributed by atoms with Gasteiger partial charge < -0.3 is 9.64 Å². The molecule has 1 aliphatic rings. The molecule has 0 saturated carbocycles. The molecule has 1 aliphatic heterocycles. The maximum absolute atomic E-state index is 12.2.